The van der Waals surface area contributed by atoms with E-state index in [9.17, 15) is 12.9 Å². The first-order valence-corrected chi connectivity index (χ1v) is 3.96. The summed E-state index contributed by atoms with van der Waals surface area (Å²) in [4.78, 5) is 3.74. The van der Waals surface area contributed by atoms with Crippen LogP contribution in [0, 0.1) is 0 Å². The maximum absolute atomic E-state index is 11.8. The third-order valence-electron chi connectivity index (χ3n) is 1.52. The molecule has 0 saturated heterocycles. The second-order valence-corrected chi connectivity index (χ2v) is 2.73. The summed E-state index contributed by atoms with van der Waals surface area (Å²) in [5, 5.41) is 8.63. The van der Waals surface area contributed by atoms with Crippen LogP contribution >= 0.6 is 0 Å². The largest absolute Gasteiger partial charge is 1.00 e. The molecule has 0 aliphatic carbocycles. The Labute approximate surface area is 128 Å². The minimum atomic E-state index is -4.90. The number of hydrogen-bond acceptors (Lipinski definition) is 2. The van der Waals surface area contributed by atoms with Crippen molar-refractivity contribution in [1.82, 2.24) is 4.98 Å². The van der Waals surface area contributed by atoms with Crippen molar-refractivity contribution in [3.8, 4) is 0 Å². The van der Waals surface area contributed by atoms with Crippen LogP contribution in [0.5, 0.6) is 0 Å². The summed E-state index contributed by atoms with van der Waals surface area (Å²) in [7, 11) is 0. The molecule has 0 aromatic carbocycles. The molecule has 0 aliphatic rings. The number of nitrogens with zero attached hydrogens (tertiary/aromatic N) is 1. The van der Waals surface area contributed by atoms with Crippen molar-refractivity contribution in [2.45, 2.75) is 6.61 Å². The van der Waals surface area contributed by atoms with Crippen molar-refractivity contribution in [3.63, 3.8) is 0 Å². The summed E-state index contributed by atoms with van der Waals surface area (Å²) < 4.78 is 35.4. The number of hydrogen-bond donors (Lipinski definition) is 1. The Morgan fingerprint density at radius 3 is 2.40 bits per heavy atom. The molecule has 0 spiro atoms. The molecule has 1 N–H and O–H groups in total. The van der Waals surface area contributed by atoms with Crippen LogP contribution in [-0.4, -0.2) is 17.1 Å². The Kier molecular flexibility index (Phi) is 6.98. The second kappa shape index (κ2) is 6.82. The van der Waals surface area contributed by atoms with Gasteiger partial charge in [0.1, 0.15) is 0 Å². The average Bonchev–Trinajstić information content (AvgIpc) is 2.14. The Morgan fingerprint density at radius 2 is 2.00 bits per heavy atom. The van der Waals surface area contributed by atoms with Crippen LogP contribution in [0.3, 0.4) is 0 Å². The predicted octanol–water partition coefficient (Wildman–Crippen LogP) is -1.02. The zero-order chi connectivity index (χ0) is 10.6. The molecule has 0 fully saturated rings. The summed E-state index contributed by atoms with van der Waals surface area (Å²) in [6.45, 7) is -5.11. The van der Waals surface area contributed by atoms with E-state index in [1.807, 2.05) is 0 Å². The van der Waals surface area contributed by atoms with Gasteiger partial charge in [0.15, 0.2) is 0 Å². The molecule has 7 heteroatoms. The van der Waals surface area contributed by atoms with Crippen LogP contribution in [0.4, 0.5) is 12.9 Å². The molecule has 0 saturated carbocycles. The zero-order valence-corrected chi connectivity index (χ0v) is 11.3. The van der Waals surface area contributed by atoms with E-state index in [1.165, 1.54) is 18.3 Å². The molecular weight excluding hydrogens is 233 g/mol. The number of aliphatic hydroxyl groups is 1. The fraction of sp³-hybridized carbons (Fsp3) is 0.125. The fourth-order valence-corrected chi connectivity index (χ4v) is 0.848. The van der Waals surface area contributed by atoms with Crippen molar-refractivity contribution in [1.29, 1.82) is 0 Å². The van der Waals surface area contributed by atoms with Gasteiger partial charge in [-0.2, -0.15) is 0 Å². The van der Waals surface area contributed by atoms with E-state index < -0.39 is 6.98 Å². The minimum absolute atomic E-state index is 0. The van der Waals surface area contributed by atoms with Gasteiger partial charge in [-0.25, -0.2) is 0 Å². The second-order valence-electron chi connectivity index (χ2n) is 2.73. The van der Waals surface area contributed by atoms with E-state index in [1.54, 1.807) is 0 Å². The van der Waals surface area contributed by atoms with Gasteiger partial charge < -0.3 is 18.1 Å². The maximum atomic E-state index is 11.8. The molecule has 0 unspecified atom stereocenters. The van der Waals surface area contributed by atoms with Crippen molar-refractivity contribution < 1.29 is 69.4 Å². The molecule has 1 heterocycles. The number of rotatable bonds is 3. The first-order chi connectivity index (χ1) is 6.51. The predicted molar refractivity (Wildman–Crippen MR) is 48.3 cm³/mol. The van der Waals surface area contributed by atoms with Crippen molar-refractivity contribution in [2.24, 2.45) is 0 Å². The van der Waals surface area contributed by atoms with E-state index >= 15 is 0 Å². The van der Waals surface area contributed by atoms with Crippen LogP contribution in [0.15, 0.2) is 24.3 Å². The van der Waals surface area contributed by atoms with Gasteiger partial charge in [0, 0.05) is 6.20 Å². The van der Waals surface area contributed by atoms with Gasteiger partial charge in [-0.1, -0.05) is 12.1 Å². The fourth-order valence-electron chi connectivity index (χ4n) is 0.848. The normalized spacial score (nSPS) is 11.5. The monoisotopic (exact) mass is 241 g/mol. The van der Waals surface area contributed by atoms with Gasteiger partial charge in [-0.15, -0.1) is 5.98 Å². The first kappa shape index (κ1) is 15.3. The summed E-state index contributed by atoms with van der Waals surface area (Å²) >= 11 is 0. The van der Waals surface area contributed by atoms with Crippen LogP contribution in [0.25, 0.3) is 6.08 Å². The van der Waals surface area contributed by atoms with Gasteiger partial charge in [0.05, 0.1) is 12.3 Å². The molecule has 0 amide bonds. The van der Waals surface area contributed by atoms with Crippen LogP contribution in [0.2, 0.25) is 0 Å². The molecule has 1 rings (SSSR count). The molecule has 15 heavy (non-hydrogen) atoms. The van der Waals surface area contributed by atoms with Crippen molar-refractivity contribution >= 4 is 13.1 Å². The Morgan fingerprint density at radius 1 is 1.33 bits per heavy atom. The maximum Gasteiger partial charge on any atom is 1.00 e. The van der Waals surface area contributed by atoms with E-state index in [2.05, 4.69) is 4.98 Å². The molecule has 76 valence electrons. The van der Waals surface area contributed by atoms with Gasteiger partial charge in [-0.05, 0) is 11.6 Å². The molecule has 0 radical (unpaired) electrons. The minimum Gasteiger partial charge on any atom is -0.445 e. The van der Waals surface area contributed by atoms with Gasteiger partial charge in [0.2, 0.25) is 0 Å². The molecule has 1 aromatic heterocycles. The van der Waals surface area contributed by atoms with E-state index in [0.29, 0.717) is 11.3 Å². The van der Waals surface area contributed by atoms with E-state index in [4.69, 9.17) is 5.11 Å². The Hall–Kier alpha value is 0.341. The molecule has 1 aromatic rings. The number of aromatic nitrogens is 1. The standard InChI is InChI=1S/C8H8BF3NO.K/c10-9(11,12)4-3-7-1-2-8(6-14)13-5-7;/h1-5,14H,6H2;/q-1;+1/b4-3+;. The summed E-state index contributed by atoms with van der Waals surface area (Å²) in [6.07, 6.45) is 2.23. The third kappa shape index (κ3) is 6.49. The van der Waals surface area contributed by atoms with Gasteiger partial charge in [-0.3, -0.25) is 4.98 Å². The van der Waals surface area contributed by atoms with E-state index in [-0.39, 0.29) is 64.0 Å². The number of pyridine rings is 1. The molecule has 2 nitrogen and oxygen atoms in total. The SMILES string of the molecule is OCc1ccc(/C=C/[B-](F)(F)F)cn1.[K+]. The van der Waals surface area contributed by atoms with Crippen LogP contribution in [-0.2, 0) is 6.61 Å². The Bertz CT molecular complexity index is 326. The zero-order valence-electron chi connectivity index (χ0n) is 8.20. The van der Waals surface area contributed by atoms with Gasteiger partial charge in [0.25, 0.3) is 0 Å². The third-order valence-corrected chi connectivity index (χ3v) is 1.52. The number of halogens is 3. The first-order valence-electron chi connectivity index (χ1n) is 3.96. The molecule has 0 bridgehead atoms. The van der Waals surface area contributed by atoms with E-state index in [0.717, 1.165) is 6.08 Å². The smallest absolute Gasteiger partial charge is 0.445 e. The van der Waals surface area contributed by atoms with Crippen LogP contribution < -0.4 is 51.4 Å². The van der Waals surface area contributed by atoms with Crippen molar-refractivity contribution in [3.05, 3.63) is 35.6 Å². The summed E-state index contributed by atoms with van der Waals surface area (Å²) in [5.41, 5.74) is 0.793. The Balaban J connectivity index is 0.00000196. The number of aliphatic hydroxyl groups excluding tert-OH is 1. The van der Waals surface area contributed by atoms with Crippen molar-refractivity contribution in [2.75, 3.05) is 0 Å². The summed E-state index contributed by atoms with van der Waals surface area (Å²) in [5.74, 6) is 0.204. The van der Waals surface area contributed by atoms with Gasteiger partial charge >= 0.3 is 58.4 Å². The quantitative estimate of drug-likeness (QED) is 0.687. The average molecular weight is 241 g/mol. The molecule has 0 atom stereocenters. The summed E-state index contributed by atoms with van der Waals surface area (Å²) in [6, 6.07) is 2.94. The molecule has 0 aliphatic heterocycles. The van der Waals surface area contributed by atoms with Crippen LogP contribution in [0.1, 0.15) is 11.3 Å². The topological polar surface area (TPSA) is 33.1 Å². The molecular formula is C8H8BF3KNO.